The molecule has 284 valence electrons. The molecule has 0 radical (unpaired) electrons. The van der Waals surface area contributed by atoms with E-state index in [9.17, 15) is 24.0 Å². The highest BCUT2D eigenvalue weighted by molar-refractivity contribution is 5.92. The van der Waals surface area contributed by atoms with E-state index in [1.54, 1.807) is 16.0 Å². The van der Waals surface area contributed by atoms with Crippen LogP contribution in [0.2, 0.25) is 0 Å². The van der Waals surface area contributed by atoms with Gasteiger partial charge in [0.15, 0.2) is 0 Å². The van der Waals surface area contributed by atoms with E-state index in [4.69, 9.17) is 4.74 Å². The van der Waals surface area contributed by atoms with Gasteiger partial charge in [-0.25, -0.2) is 14.6 Å². The fourth-order valence-electron chi connectivity index (χ4n) is 6.99. The number of carbonyl (C=O) groups excluding carboxylic acids is 5. The van der Waals surface area contributed by atoms with E-state index >= 15 is 0 Å². The van der Waals surface area contributed by atoms with Crippen LogP contribution in [0.1, 0.15) is 70.8 Å². The maximum absolute atomic E-state index is 13.5. The number of benzene rings is 2. The molecule has 53 heavy (non-hydrogen) atoms. The van der Waals surface area contributed by atoms with Crippen LogP contribution in [0.25, 0.3) is 22.4 Å². The van der Waals surface area contributed by atoms with Gasteiger partial charge in [-0.2, -0.15) is 0 Å². The summed E-state index contributed by atoms with van der Waals surface area (Å²) in [7, 11) is 2.53. The number of H-pyrrole nitrogens is 1. The van der Waals surface area contributed by atoms with Crippen LogP contribution in [0, 0.1) is 11.8 Å². The zero-order valence-electron chi connectivity index (χ0n) is 31.3. The Hall–Kier alpha value is -5.40. The van der Waals surface area contributed by atoms with Gasteiger partial charge in [-0.15, -0.1) is 0 Å². The molecule has 3 aromatic rings. The number of ether oxygens (including phenoxy) is 2. The van der Waals surface area contributed by atoms with Crippen LogP contribution in [-0.2, 0) is 30.4 Å². The average Bonchev–Trinajstić information content (AvgIpc) is 3.96. The summed E-state index contributed by atoms with van der Waals surface area (Å²) in [6, 6.07) is 13.8. The Morgan fingerprint density at radius 2 is 1.26 bits per heavy atom. The third kappa shape index (κ3) is 9.16. The van der Waals surface area contributed by atoms with Crippen molar-refractivity contribution in [3.8, 4) is 22.4 Å². The van der Waals surface area contributed by atoms with Crippen molar-refractivity contribution in [2.45, 2.75) is 84.1 Å². The summed E-state index contributed by atoms with van der Waals surface area (Å²) < 4.78 is 9.43. The number of amides is 5. The third-order valence-electron chi connectivity index (χ3n) is 10.0. The topological polar surface area (TPSA) is 175 Å². The van der Waals surface area contributed by atoms with Crippen LogP contribution < -0.4 is 16.0 Å². The number of aromatic nitrogens is 2. The molecule has 14 heteroatoms. The van der Waals surface area contributed by atoms with Crippen molar-refractivity contribution in [2.75, 3.05) is 27.3 Å². The van der Waals surface area contributed by atoms with E-state index in [1.807, 2.05) is 76.2 Å². The summed E-state index contributed by atoms with van der Waals surface area (Å²) in [6.45, 7) is 8.81. The molecule has 2 saturated heterocycles. The highest BCUT2D eigenvalue weighted by atomic mass is 16.5. The number of methoxy groups -OCH3 is 2. The van der Waals surface area contributed by atoms with Gasteiger partial charge in [-0.3, -0.25) is 14.4 Å². The lowest BCUT2D eigenvalue weighted by atomic mass is 10.0. The normalized spacial score (nSPS) is 18.1. The molecule has 0 saturated carbocycles. The minimum Gasteiger partial charge on any atom is -0.453 e. The molecule has 5 rings (SSSR count). The van der Waals surface area contributed by atoms with Gasteiger partial charge in [0.05, 0.1) is 32.2 Å². The van der Waals surface area contributed by atoms with Gasteiger partial charge in [0.25, 0.3) is 0 Å². The highest BCUT2D eigenvalue weighted by Crippen LogP contribution is 2.33. The minimum absolute atomic E-state index is 0.111. The Kier molecular flexibility index (Phi) is 12.8. The Morgan fingerprint density at radius 3 is 1.83 bits per heavy atom. The van der Waals surface area contributed by atoms with Crippen LogP contribution in [-0.4, -0.2) is 95.1 Å². The van der Waals surface area contributed by atoms with Gasteiger partial charge in [0.1, 0.15) is 23.9 Å². The Labute approximate surface area is 310 Å². The maximum atomic E-state index is 13.5. The van der Waals surface area contributed by atoms with E-state index in [-0.39, 0.29) is 35.6 Å². The second kappa shape index (κ2) is 17.4. The summed E-state index contributed by atoms with van der Waals surface area (Å²) in [5.41, 5.74) is 4.76. The number of rotatable bonds is 12. The molecule has 4 N–H and O–H groups in total. The van der Waals surface area contributed by atoms with Crippen molar-refractivity contribution in [1.29, 1.82) is 0 Å². The predicted molar refractivity (Wildman–Crippen MR) is 198 cm³/mol. The molecule has 2 aromatic carbocycles. The first-order valence-electron chi connectivity index (χ1n) is 18.2. The molecule has 0 spiro atoms. The molecule has 2 aliphatic heterocycles. The lowest BCUT2D eigenvalue weighted by Gasteiger charge is -2.30. The highest BCUT2D eigenvalue weighted by Gasteiger charge is 2.39. The molecule has 14 nitrogen and oxygen atoms in total. The smallest absolute Gasteiger partial charge is 0.407 e. The molecule has 4 atom stereocenters. The van der Waals surface area contributed by atoms with Crippen molar-refractivity contribution in [3.05, 3.63) is 66.1 Å². The maximum Gasteiger partial charge on any atom is 0.407 e. The molecule has 3 heterocycles. The second-order valence-electron chi connectivity index (χ2n) is 14.3. The van der Waals surface area contributed by atoms with Crippen molar-refractivity contribution >= 4 is 29.9 Å². The van der Waals surface area contributed by atoms with Crippen LogP contribution in [0.4, 0.5) is 9.59 Å². The van der Waals surface area contributed by atoms with Gasteiger partial charge in [0.2, 0.25) is 17.7 Å². The zero-order chi connectivity index (χ0) is 38.2. The van der Waals surface area contributed by atoms with Crippen LogP contribution in [0.3, 0.4) is 0 Å². The minimum atomic E-state index is -0.781. The van der Waals surface area contributed by atoms with Gasteiger partial charge < -0.3 is 40.2 Å². The molecule has 5 amide bonds. The standard InChI is InChI=1S/C39H51N7O7/c1-23(2)32(43-38(50)52-5)36(48)45-19-7-9-30(45)34-40-22-29(42-34)28-17-15-27(16-18-28)26-13-11-25(12-14-26)21-41-35(47)31-10-8-20-46(31)37(49)33(24(3)4)44-39(51)53-6/h11-18,22-24,30-33H,7-10,19-21H2,1-6H3,(H,40,42)(H,41,47)(H,43,50)(H,44,51)/t30-,31-,32?,33-/m0/s1. The molecular weight excluding hydrogens is 678 g/mol. The Morgan fingerprint density at radius 1 is 0.755 bits per heavy atom. The summed E-state index contributed by atoms with van der Waals surface area (Å²) in [4.78, 5) is 75.2. The van der Waals surface area contributed by atoms with Gasteiger partial charge in [0, 0.05) is 19.6 Å². The third-order valence-corrected chi connectivity index (χ3v) is 10.0. The van der Waals surface area contributed by atoms with E-state index in [2.05, 4.69) is 30.7 Å². The second-order valence-corrected chi connectivity index (χ2v) is 14.3. The van der Waals surface area contributed by atoms with Crippen LogP contribution in [0.15, 0.2) is 54.7 Å². The zero-order valence-corrected chi connectivity index (χ0v) is 31.3. The van der Waals surface area contributed by atoms with Gasteiger partial charge >= 0.3 is 12.2 Å². The lowest BCUT2D eigenvalue weighted by molar-refractivity contribution is -0.140. The quantitative estimate of drug-likeness (QED) is 0.206. The summed E-state index contributed by atoms with van der Waals surface area (Å²) in [6.07, 6.45) is 3.34. The number of nitrogens with one attached hydrogen (secondary N) is 4. The number of hydrogen-bond donors (Lipinski definition) is 4. The lowest BCUT2D eigenvalue weighted by Crippen LogP contribution is -2.55. The number of aromatic amines is 1. The number of imidazole rings is 1. The molecule has 1 unspecified atom stereocenters. The van der Waals surface area contributed by atoms with Gasteiger partial charge in [-0.1, -0.05) is 76.2 Å². The fourth-order valence-corrected chi connectivity index (χ4v) is 6.99. The number of alkyl carbamates (subject to hydrolysis) is 2. The van der Waals surface area contributed by atoms with Crippen LogP contribution in [0.5, 0.6) is 0 Å². The fraction of sp³-hybridized carbons (Fsp3) is 0.487. The molecule has 2 aliphatic rings. The predicted octanol–water partition coefficient (Wildman–Crippen LogP) is 4.78. The first-order valence-corrected chi connectivity index (χ1v) is 18.2. The largest absolute Gasteiger partial charge is 0.453 e. The SMILES string of the molecule is COC(=O)NC(C(=O)N1CCC[C@H]1c1ncc(-c2ccc(-c3ccc(CNC(=O)[C@@H]4CCCN4C(=O)[C@@H](NC(=O)OC)C(C)C)cc3)cc2)[nH]1)C(C)C. The van der Waals surface area contributed by atoms with Crippen molar-refractivity contribution in [2.24, 2.45) is 11.8 Å². The van der Waals surface area contributed by atoms with Gasteiger partial charge in [-0.05, 0) is 59.8 Å². The molecule has 0 aliphatic carbocycles. The monoisotopic (exact) mass is 729 g/mol. The first kappa shape index (κ1) is 38.8. The Bertz CT molecular complexity index is 1760. The average molecular weight is 730 g/mol. The number of hydrogen-bond acceptors (Lipinski definition) is 8. The number of carbonyl (C=O) groups is 5. The van der Waals surface area contributed by atoms with E-state index in [0.29, 0.717) is 38.3 Å². The number of likely N-dealkylation sites (tertiary alicyclic amines) is 2. The van der Waals surface area contributed by atoms with Crippen molar-refractivity contribution < 1.29 is 33.4 Å². The molecular formula is C39H51N7O7. The van der Waals surface area contributed by atoms with E-state index < -0.39 is 30.3 Å². The summed E-state index contributed by atoms with van der Waals surface area (Å²) in [5.74, 6) is -0.234. The summed E-state index contributed by atoms with van der Waals surface area (Å²) in [5, 5.41) is 8.27. The van der Waals surface area contributed by atoms with Crippen LogP contribution >= 0.6 is 0 Å². The first-order chi connectivity index (χ1) is 25.4. The summed E-state index contributed by atoms with van der Waals surface area (Å²) >= 11 is 0. The Balaban J connectivity index is 1.17. The molecule has 2 fully saturated rings. The van der Waals surface area contributed by atoms with E-state index in [1.165, 1.54) is 14.2 Å². The van der Waals surface area contributed by atoms with Crippen molar-refractivity contribution in [3.63, 3.8) is 0 Å². The van der Waals surface area contributed by atoms with E-state index in [0.717, 1.165) is 40.8 Å². The molecule has 0 bridgehead atoms. The van der Waals surface area contributed by atoms with Crippen molar-refractivity contribution in [1.82, 2.24) is 35.7 Å². The molecule has 1 aromatic heterocycles. The number of nitrogens with zero attached hydrogens (tertiary/aromatic N) is 3.